The van der Waals surface area contributed by atoms with Crippen LogP contribution in [0.25, 0.3) is 0 Å². The molecule has 3 heterocycles. The van der Waals surface area contributed by atoms with E-state index in [1.807, 2.05) is 0 Å². The molecule has 0 radical (unpaired) electrons. The highest BCUT2D eigenvalue weighted by atomic mass is 16.8. The van der Waals surface area contributed by atoms with Crippen LogP contribution in [0.4, 0.5) is 11.4 Å². The van der Waals surface area contributed by atoms with E-state index < -0.39 is 134 Å². The molecule has 0 saturated carbocycles. The van der Waals surface area contributed by atoms with Crippen LogP contribution in [0.3, 0.4) is 0 Å². The minimum absolute atomic E-state index is 0.0174. The number of nitrogen functional groups attached to an aromatic ring is 1. The Morgan fingerprint density at radius 1 is 0.727 bits per heavy atom. The number of phenols is 1. The number of esters is 1. The number of benzene rings is 2. The zero-order chi connectivity index (χ0) is 40.1. The van der Waals surface area contributed by atoms with Gasteiger partial charge >= 0.3 is 11.7 Å². The number of aliphatic hydroxyl groups is 9. The van der Waals surface area contributed by atoms with Crippen molar-refractivity contribution in [2.75, 3.05) is 32.2 Å². The molecule has 12 N–H and O–H groups in total. The Morgan fingerprint density at radius 3 is 1.87 bits per heavy atom. The zero-order valence-corrected chi connectivity index (χ0v) is 28.8. The number of aliphatic hydroxyl groups excluding tert-OH is 9. The second kappa shape index (κ2) is 18.5. The quantitative estimate of drug-likeness (QED) is 0.0374. The summed E-state index contributed by atoms with van der Waals surface area (Å²) in [6.07, 6.45) is -26.3. The number of para-hydroxylation sites is 1. The van der Waals surface area contributed by atoms with Gasteiger partial charge in [-0.1, -0.05) is 18.2 Å². The fourth-order valence-electron chi connectivity index (χ4n) is 6.33. The maximum absolute atomic E-state index is 13.0. The number of ether oxygens (including phenoxy) is 7. The number of rotatable bonds is 14. The van der Waals surface area contributed by atoms with E-state index in [0.717, 1.165) is 12.1 Å². The molecule has 55 heavy (non-hydrogen) atoms. The smallest absolute Gasteiger partial charge is 0.340 e. The van der Waals surface area contributed by atoms with Crippen LogP contribution in [0.5, 0.6) is 5.75 Å². The summed E-state index contributed by atoms with van der Waals surface area (Å²) in [5.74, 6) is -1.60. The van der Waals surface area contributed by atoms with Crippen molar-refractivity contribution in [1.82, 2.24) is 0 Å². The summed E-state index contributed by atoms with van der Waals surface area (Å²) in [5, 5.41) is 116. The second-order valence-electron chi connectivity index (χ2n) is 13.0. The van der Waals surface area contributed by atoms with E-state index in [1.54, 1.807) is 6.07 Å². The fraction of sp³-hybridized carbons (Fsp3) is 0.606. The number of phenolic OH excluding ortho intramolecular Hbond substituents is 1. The summed E-state index contributed by atoms with van der Waals surface area (Å²) >= 11 is 0. The Kier molecular flexibility index (Phi) is 14.3. The lowest BCUT2D eigenvalue weighted by molar-refractivity contribution is -0.385. The number of hydrogen-bond acceptors (Lipinski definition) is 21. The summed E-state index contributed by atoms with van der Waals surface area (Å²) in [6, 6.07) is 9.44. The number of hydrogen-bond donors (Lipinski definition) is 11. The molecule has 22 nitrogen and oxygen atoms in total. The van der Waals surface area contributed by atoms with Crippen molar-refractivity contribution in [3.05, 3.63) is 63.7 Å². The first kappa shape index (κ1) is 42.5. The van der Waals surface area contributed by atoms with Gasteiger partial charge < -0.3 is 90.0 Å². The van der Waals surface area contributed by atoms with Crippen molar-refractivity contribution in [2.24, 2.45) is 0 Å². The number of nitro groups is 1. The standard InChI is InChI=1S/C33H44N2O20/c34-15-4-2-1-3-14(15)30(46)53-29-22(41)21(40)18(10-36)50-33(29)55-28-20(12-38)52-32(26(45)24(28)43)54-27-19(11-37)51-31(25(44)23(27)42)49-8-7-13-5-6-17(39)16(9-13)35(47)48/h1-6,9,18-29,31-33,36-45H,7-8,10-12,34H2/t18-,19-,20-,21-,22+,23-,24-,25-,26-,27-,28-,29-,31-,32-,33-/m1/s1. The number of aromatic hydroxyl groups is 1. The second-order valence-corrected chi connectivity index (χ2v) is 13.0. The van der Waals surface area contributed by atoms with Crippen LogP contribution in [0.1, 0.15) is 15.9 Å². The Bertz CT molecular complexity index is 1600. The van der Waals surface area contributed by atoms with Crippen molar-refractivity contribution >= 4 is 17.3 Å². The van der Waals surface area contributed by atoms with Gasteiger partial charge in [-0.3, -0.25) is 10.1 Å². The lowest BCUT2D eigenvalue weighted by Gasteiger charge is -2.48. The van der Waals surface area contributed by atoms with E-state index in [2.05, 4.69) is 0 Å². The predicted molar refractivity (Wildman–Crippen MR) is 178 cm³/mol. The van der Waals surface area contributed by atoms with Crippen molar-refractivity contribution in [3.8, 4) is 5.75 Å². The molecular formula is C33H44N2O20. The predicted octanol–water partition coefficient (Wildman–Crippen LogP) is -4.25. The van der Waals surface area contributed by atoms with Crippen LogP contribution in [0.15, 0.2) is 42.5 Å². The van der Waals surface area contributed by atoms with Gasteiger partial charge in [0.05, 0.1) is 36.9 Å². The molecule has 0 spiro atoms. The molecular weight excluding hydrogens is 744 g/mol. The Balaban J connectivity index is 1.24. The highest BCUT2D eigenvalue weighted by molar-refractivity contribution is 5.95. The van der Waals surface area contributed by atoms with Gasteiger partial charge in [-0.25, -0.2) is 4.79 Å². The minimum atomic E-state index is -2.04. The van der Waals surface area contributed by atoms with E-state index in [4.69, 9.17) is 38.9 Å². The van der Waals surface area contributed by atoms with Gasteiger partial charge in [-0.2, -0.15) is 0 Å². The molecule has 306 valence electrons. The zero-order valence-electron chi connectivity index (χ0n) is 28.8. The third kappa shape index (κ3) is 9.31. The molecule has 3 saturated heterocycles. The third-order valence-electron chi connectivity index (χ3n) is 9.38. The SMILES string of the molecule is Nc1ccccc1C(=O)O[C@H]1[C@@H](O[C@H]2[C@H](O)[C@@H](O)[C@@H](O[C@H]3[C@H](O)[C@@H](O)[C@H](OCCc4ccc(O)c([N+](=O)[O-])c4)O[C@@H]3CO)O[C@@H]2CO)O[C@H](CO)[C@@H](O)[C@@H]1O. The van der Waals surface area contributed by atoms with Crippen LogP contribution in [0, 0.1) is 10.1 Å². The van der Waals surface area contributed by atoms with Gasteiger partial charge in [0.25, 0.3) is 0 Å². The molecule has 3 fully saturated rings. The molecule has 2 aromatic carbocycles. The van der Waals surface area contributed by atoms with Gasteiger partial charge in [-0.15, -0.1) is 0 Å². The van der Waals surface area contributed by atoms with Crippen LogP contribution in [-0.4, -0.2) is 181 Å². The number of carbonyl (C=O) groups is 1. The minimum Gasteiger partial charge on any atom is -0.502 e. The van der Waals surface area contributed by atoms with Crippen LogP contribution < -0.4 is 5.73 Å². The summed E-state index contributed by atoms with van der Waals surface area (Å²) in [6.45, 7) is -2.78. The van der Waals surface area contributed by atoms with Crippen molar-refractivity contribution in [2.45, 2.75) is 98.5 Å². The first-order valence-corrected chi connectivity index (χ1v) is 17.0. The molecule has 5 rings (SSSR count). The van der Waals surface area contributed by atoms with Crippen LogP contribution in [0.2, 0.25) is 0 Å². The Hall–Kier alpha value is -3.69. The average molecular weight is 789 g/mol. The van der Waals surface area contributed by atoms with Crippen molar-refractivity contribution < 1.29 is 93.9 Å². The molecule has 0 unspecified atom stereocenters. The highest BCUT2D eigenvalue weighted by Crippen LogP contribution is 2.34. The number of nitro benzene ring substituents is 1. The van der Waals surface area contributed by atoms with Crippen molar-refractivity contribution in [3.63, 3.8) is 0 Å². The maximum Gasteiger partial charge on any atom is 0.340 e. The number of nitrogens with two attached hydrogens (primary N) is 1. The Labute approximate surface area is 311 Å². The molecule has 0 aliphatic carbocycles. The number of carbonyl (C=O) groups excluding carboxylic acids is 1. The molecule has 22 heteroatoms. The number of anilines is 1. The number of nitrogens with zero attached hydrogens (tertiary/aromatic N) is 1. The Morgan fingerprint density at radius 2 is 1.27 bits per heavy atom. The van der Waals surface area contributed by atoms with Crippen LogP contribution >= 0.6 is 0 Å². The summed E-state index contributed by atoms with van der Waals surface area (Å²) < 4.78 is 39.2. The fourth-order valence-corrected chi connectivity index (χ4v) is 6.33. The van der Waals surface area contributed by atoms with Gasteiger partial charge in [0.15, 0.2) is 30.7 Å². The first-order valence-electron chi connectivity index (χ1n) is 17.0. The van der Waals surface area contributed by atoms with Gasteiger partial charge in [0.1, 0.15) is 67.1 Å². The molecule has 0 amide bonds. The largest absolute Gasteiger partial charge is 0.502 e. The molecule has 3 aliphatic rings. The lowest BCUT2D eigenvalue weighted by atomic mass is 9.96. The van der Waals surface area contributed by atoms with Gasteiger partial charge in [0.2, 0.25) is 0 Å². The van der Waals surface area contributed by atoms with Crippen LogP contribution in [-0.2, 0) is 39.6 Å². The average Bonchev–Trinajstić information content (AvgIpc) is 3.17. The summed E-state index contributed by atoms with van der Waals surface area (Å²) in [5.41, 5.74) is 5.62. The van der Waals surface area contributed by atoms with E-state index in [1.165, 1.54) is 24.3 Å². The lowest BCUT2D eigenvalue weighted by Crippen LogP contribution is -2.67. The topological polar surface area (TPSA) is 353 Å². The molecule has 15 atom stereocenters. The molecule has 0 aromatic heterocycles. The molecule has 3 aliphatic heterocycles. The van der Waals surface area contributed by atoms with Crippen molar-refractivity contribution in [1.29, 1.82) is 0 Å². The van der Waals surface area contributed by atoms with E-state index in [0.29, 0.717) is 5.56 Å². The summed E-state index contributed by atoms with van der Waals surface area (Å²) in [7, 11) is 0. The van der Waals surface area contributed by atoms with E-state index in [9.17, 15) is 66.0 Å². The summed E-state index contributed by atoms with van der Waals surface area (Å²) in [4.78, 5) is 23.3. The highest BCUT2D eigenvalue weighted by Gasteiger charge is 2.54. The van der Waals surface area contributed by atoms with Gasteiger partial charge in [-0.05, 0) is 30.2 Å². The monoisotopic (exact) mass is 788 g/mol. The van der Waals surface area contributed by atoms with Gasteiger partial charge in [0, 0.05) is 11.8 Å². The molecule has 0 bridgehead atoms. The maximum atomic E-state index is 13.0. The van der Waals surface area contributed by atoms with E-state index in [-0.39, 0.29) is 24.3 Å². The molecule has 2 aromatic rings. The third-order valence-corrected chi connectivity index (χ3v) is 9.38. The normalized spacial score (nSPS) is 36.6. The first-order chi connectivity index (χ1) is 26.2. The van der Waals surface area contributed by atoms with E-state index >= 15 is 0 Å².